The molecule has 4 heteroatoms. The van der Waals surface area contributed by atoms with Gasteiger partial charge in [0, 0.05) is 21.8 Å². The number of amides is 1. The number of aryl methyl sites for hydroxylation is 1. The van der Waals surface area contributed by atoms with Crippen molar-refractivity contribution in [1.29, 1.82) is 0 Å². The molecule has 23 heavy (non-hydrogen) atoms. The second kappa shape index (κ2) is 8.20. The second-order valence-electron chi connectivity index (χ2n) is 7.47. The van der Waals surface area contributed by atoms with Gasteiger partial charge in [0.25, 0.3) is 0 Å². The molecular weight excluding hydrogens is 304 g/mol. The van der Waals surface area contributed by atoms with Crippen LogP contribution in [0.25, 0.3) is 0 Å². The first-order valence-corrected chi connectivity index (χ1v) is 9.45. The van der Waals surface area contributed by atoms with Crippen LogP contribution < -0.4 is 10.6 Å². The van der Waals surface area contributed by atoms with Crippen molar-refractivity contribution >= 4 is 23.4 Å². The van der Waals surface area contributed by atoms with Gasteiger partial charge in [-0.1, -0.05) is 20.8 Å². The minimum atomic E-state index is 0.142. The molecule has 1 fully saturated rings. The highest BCUT2D eigenvalue weighted by Gasteiger charge is 2.16. The van der Waals surface area contributed by atoms with E-state index in [2.05, 4.69) is 50.5 Å². The number of nitrogens with one attached hydrogen (secondary N) is 2. The van der Waals surface area contributed by atoms with Crippen molar-refractivity contribution in [2.24, 2.45) is 5.92 Å². The number of benzene rings is 1. The smallest absolute Gasteiger partial charge is 0.224 e. The van der Waals surface area contributed by atoms with Crippen LogP contribution in [-0.4, -0.2) is 23.7 Å². The average molecular weight is 335 g/mol. The van der Waals surface area contributed by atoms with E-state index in [0.29, 0.717) is 12.3 Å². The lowest BCUT2D eigenvalue weighted by atomic mass is 9.93. The lowest BCUT2D eigenvalue weighted by molar-refractivity contribution is -0.116. The van der Waals surface area contributed by atoms with Gasteiger partial charge in [-0.2, -0.15) is 0 Å². The summed E-state index contributed by atoms with van der Waals surface area (Å²) in [6.45, 7) is 10.9. The van der Waals surface area contributed by atoms with Crippen molar-refractivity contribution in [3.05, 3.63) is 23.8 Å². The monoisotopic (exact) mass is 334 g/mol. The zero-order valence-electron chi connectivity index (χ0n) is 14.9. The van der Waals surface area contributed by atoms with Crippen molar-refractivity contribution in [3.8, 4) is 0 Å². The molecule has 2 rings (SSSR count). The van der Waals surface area contributed by atoms with Crippen molar-refractivity contribution in [2.75, 3.05) is 18.4 Å². The van der Waals surface area contributed by atoms with E-state index in [1.165, 1.54) is 17.7 Å². The highest BCUT2D eigenvalue weighted by Crippen LogP contribution is 2.33. The first kappa shape index (κ1) is 18.3. The van der Waals surface area contributed by atoms with E-state index in [9.17, 15) is 4.79 Å². The van der Waals surface area contributed by atoms with Gasteiger partial charge in [0.05, 0.1) is 0 Å². The molecule has 0 spiro atoms. The summed E-state index contributed by atoms with van der Waals surface area (Å²) in [6, 6.07) is 6.30. The van der Waals surface area contributed by atoms with Gasteiger partial charge in [-0.25, -0.2) is 0 Å². The van der Waals surface area contributed by atoms with Crippen molar-refractivity contribution in [1.82, 2.24) is 5.32 Å². The first-order chi connectivity index (χ1) is 10.8. The van der Waals surface area contributed by atoms with E-state index in [1.807, 2.05) is 17.8 Å². The van der Waals surface area contributed by atoms with Gasteiger partial charge in [0.1, 0.15) is 0 Å². The Labute approximate surface area is 145 Å². The highest BCUT2D eigenvalue weighted by molar-refractivity contribution is 8.00. The molecule has 2 N–H and O–H groups in total. The molecule has 3 nitrogen and oxygen atoms in total. The Kier molecular flexibility index (Phi) is 6.54. The van der Waals surface area contributed by atoms with E-state index >= 15 is 0 Å². The maximum atomic E-state index is 12.2. The van der Waals surface area contributed by atoms with E-state index in [4.69, 9.17) is 0 Å². The Morgan fingerprint density at radius 2 is 2.00 bits per heavy atom. The van der Waals surface area contributed by atoms with Crippen LogP contribution in [0, 0.1) is 12.8 Å². The molecule has 1 amide bonds. The van der Waals surface area contributed by atoms with Crippen LogP contribution in [0.1, 0.15) is 52.0 Å². The first-order valence-electron chi connectivity index (χ1n) is 8.64. The third-order valence-corrected chi connectivity index (χ3v) is 5.24. The molecule has 0 aromatic heterocycles. The van der Waals surface area contributed by atoms with Crippen LogP contribution >= 0.6 is 11.8 Å². The van der Waals surface area contributed by atoms with Gasteiger partial charge >= 0.3 is 0 Å². The standard InChI is InChI=1S/C19H30N2OS/c1-14-13-16(23-19(2,3)4)6-7-17(14)21-18(22)8-5-15-9-11-20-12-10-15/h6-7,13,15,20H,5,8-12H2,1-4H3,(H,21,22). The third-order valence-electron chi connectivity index (χ3n) is 4.13. The Hall–Kier alpha value is -1.00. The molecule has 0 saturated carbocycles. The lowest BCUT2D eigenvalue weighted by Crippen LogP contribution is -2.28. The van der Waals surface area contributed by atoms with Crippen LogP contribution in [0.2, 0.25) is 0 Å². The summed E-state index contributed by atoms with van der Waals surface area (Å²) in [5.74, 6) is 0.844. The second-order valence-corrected chi connectivity index (χ2v) is 9.37. The fourth-order valence-corrected chi connectivity index (χ4v) is 3.99. The number of rotatable bonds is 5. The summed E-state index contributed by atoms with van der Waals surface area (Å²) in [6.07, 6.45) is 4.03. The highest BCUT2D eigenvalue weighted by atomic mass is 32.2. The number of carbonyl (C=O) groups is 1. The molecule has 1 aromatic carbocycles. The summed E-state index contributed by atoms with van der Waals surface area (Å²) in [5, 5.41) is 6.44. The van der Waals surface area contributed by atoms with Crippen LogP contribution in [-0.2, 0) is 4.79 Å². The Bertz CT molecular complexity index is 531. The molecule has 1 aliphatic heterocycles. The zero-order valence-corrected chi connectivity index (χ0v) is 15.7. The predicted octanol–water partition coefficient (Wildman–Crippen LogP) is 4.60. The SMILES string of the molecule is Cc1cc(SC(C)(C)C)ccc1NC(=O)CCC1CCNCC1. The molecular formula is C19H30N2OS. The molecule has 0 aliphatic carbocycles. The quantitative estimate of drug-likeness (QED) is 0.773. The fourth-order valence-electron chi connectivity index (χ4n) is 2.91. The van der Waals surface area contributed by atoms with Gasteiger partial charge < -0.3 is 10.6 Å². The van der Waals surface area contributed by atoms with Gasteiger partial charge in [-0.3, -0.25) is 4.79 Å². The van der Waals surface area contributed by atoms with Gasteiger partial charge in [-0.15, -0.1) is 11.8 Å². The third kappa shape index (κ3) is 6.56. The van der Waals surface area contributed by atoms with Crippen LogP contribution in [0.5, 0.6) is 0 Å². The normalized spacial score (nSPS) is 16.3. The van der Waals surface area contributed by atoms with Crippen molar-refractivity contribution in [3.63, 3.8) is 0 Å². The van der Waals surface area contributed by atoms with E-state index < -0.39 is 0 Å². The van der Waals surface area contributed by atoms with Gasteiger partial charge in [-0.05, 0) is 69.0 Å². The molecule has 1 aliphatic rings. The van der Waals surface area contributed by atoms with E-state index in [0.717, 1.165) is 30.8 Å². The summed E-state index contributed by atoms with van der Waals surface area (Å²) >= 11 is 1.85. The van der Waals surface area contributed by atoms with Crippen molar-refractivity contribution < 1.29 is 4.79 Å². The lowest BCUT2D eigenvalue weighted by Gasteiger charge is -2.22. The minimum Gasteiger partial charge on any atom is -0.326 e. The molecule has 1 heterocycles. The summed E-state index contributed by atoms with van der Waals surface area (Å²) in [5.41, 5.74) is 2.08. The average Bonchev–Trinajstić information content (AvgIpc) is 2.47. The molecule has 0 bridgehead atoms. The Morgan fingerprint density at radius 1 is 1.30 bits per heavy atom. The molecule has 1 aromatic rings. The number of thioether (sulfide) groups is 1. The van der Waals surface area contributed by atoms with Gasteiger partial charge in [0.2, 0.25) is 5.91 Å². The van der Waals surface area contributed by atoms with Crippen molar-refractivity contribution in [2.45, 2.75) is 63.0 Å². The number of piperidine rings is 1. The minimum absolute atomic E-state index is 0.142. The maximum Gasteiger partial charge on any atom is 0.224 e. The zero-order chi connectivity index (χ0) is 16.9. The summed E-state index contributed by atoms with van der Waals surface area (Å²) < 4.78 is 0.200. The molecule has 128 valence electrons. The number of carbonyl (C=O) groups excluding carboxylic acids is 1. The number of hydrogen-bond donors (Lipinski definition) is 2. The van der Waals surface area contributed by atoms with Gasteiger partial charge in [0.15, 0.2) is 0 Å². The number of anilines is 1. The van der Waals surface area contributed by atoms with E-state index in [1.54, 1.807) is 0 Å². The summed E-state index contributed by atoms with van der Waals surface area (Å²) in [4.78, 5) is 13.4. The molecule has 0 unspecified atom stereocenters. The predicted molar refractivity (Wildman–Crippen MR) is 100 cm³/mol. The fraction of sp³-hybridized carbons (Fsp3) is 0.632. The summed E-state index contributed by atoms with van der Waals surface area (Å²) in [7, 11) is 0. The topological polar surface area (TPSA) is 41.1 Å². The number of hydrogen-bond acceptors (Lipinski definition) is 3. The molecule has 1 saturated heterocycles. The van der Waals surface area contributed by atoms with Crippen LogP contribution in [0.4, 0.5) is 5.69 Å². The molecule has 0 radical (unpaired) electrons. The largest absolute Gasteiger partial charge is 0.326 e. The van der Waals surface area contributed by atoms with Crippen LogP contribution in [0.15, 0.2) is 23.1 Å². The Balaban J connectivity index is 1.85. The molecule has 0 atom stereocenters. The van der Waals surface area contributed by atoms with E-state index in [-0.39, 0.29) is 10.7 Å². The maximum absolute atomic E-state index is 12.2. The Morgan fingerprint density at radius 3 is 2.61 bits per heavy atom. The van der Waals surface area contributed by atoms with Crippen LogP contribution in [0.3, 0.4) is 0 Å².